The Balaban J connectivity index is 1.99. The van der Waals surface area contributed by atoms with Crippen LogP contribution in [0.3, 0.4) is 0 Å². The fourth-order valence-electron chi connectivity index (χ4n) is 2.28. The van der Waals surface area contributed by atoms with Crippen molar-refractivity contribution in [1.82, 2.24) is 0 Å². The van der Waals surface area contributed by atoms with Crippen molar-refractivity contribution in [2.24, 2.45) is 5.92 Å². The fourth-order valence-corrected chi connectivity index (χ4v) is 3.56. The third-order valence-corrected chi connectivity index (χ3v) is 4.80. The van der Waals surface area contributed by atoms with Crippen LogP contribution in [0.25, 0.3) is 0 Å². The SMILES string of the molecule is ClC(c1cccs1)C1CCCCCC1. The normalized spacial score (nSPS) is 21.8. The lowest BCUT2D eigenvalue weighted by Gasteiger charge is -2.19. The van der Waals surface area contributed by atoms with Crippen molar-refractivity contribution in [3.63, 3.8) is 0 Å². The Kier molecular flexibility index (Phi) is 3.89. The Hall–Kier alpha value is -0.0100. The van der Waals surface area contributed by atoms with Crippen LogP contribution in [0.2, 0.25) is 0 Å². The lowest BCUT2D eigenvalue weighted by atomic mass is 9.95. The minimum atomic E-state index is 0.271. The maximum absolute atomic E-state index is 6.51. The van der Waals surface area contributed by atoms with Crippen molar-refractivity contribution in [3.05, 3.63) is 22.4 Å². The number of rotatable bonds is 2. The van der Waals surface area contributed by atoms with Crippen LogP contribution >= 0.6 is 22.9 Å². The molecule has 1 aromatic rings. The summed E-state index contributed by atoms with van der Waals surface area (Å²) in [5.41, 5.74) is 0. The predicted octanol–water partition coefficient (Wildman–Crippen LogP) is 5.00. The highest BCUT2D eigenvalue weighted by Gasteiger charge is 2.22. The van der Waals surface area contributed by atoms with E-state index in [9.17, 15) is 0 Å². The first kappa shape index (κ1) is 10.5. The monoisotopic (exact) mass is 228 g/mol. The van der Waals surface area contributed by atoms with Gasteiger partial charge in [-0.25, -0.2) is 0 Å². The second-order valence-electron chi connectivity index (χ2n) is 4.17. The van der Waals surface area contributed by atoms with Gasteiger partial charge in [-0.05, 0) is 30.2 Å². The third kappa shape index (κ3) is 2.52. The van der Waals surface area contributed by atoms with E-state index in [-0.39, 0.29) is 5.38 Å². The van der Waals surface area contributed by atoms with Gasteiger partial charge in [-0.3, -0.25) is 0 Å². The molecule has 0 saturated heterocycles. The van der Waals surface area contributed by atoms with Crippen LogP contribution in [0.15, 0.2) is 17.5 Å². The molecule has 0 amide bonds. The van der Waals surface area contributed by atoms with E-state index < -0.39 is 0 Å². The molecule has 0 aromatic carbocycles. The molecule has 0 radical (unpaired) electrons. The minimum Gasteiger partial charge on any atom is -0.147 e. The average Bonchev–Trinajstić information content (AvgIpc) is 2.59. The summed E-state index contributed by atoms with van der Waals surface area (Å²) < 4.78 is 0. The van der Waals surface area contributed by atoms with Crippen LogP contribution in [0.5, 0.6) is 0 Å². The summed E-state index contributed by atoms with van der Waals surface area (Å²) in [5.74, 6) is 0.720. The van der Waals surface area contributed by atoms with E-state index in [1.54, 1.807) is 11.3 Å². The van der Waals surface area contributed by atoms with Crippen molar-refractivity contribution in [2.45, 2.75) is 43.9 Å². The second kappa shape index (κ2) is 5.18. The summed E-state index contributed by atoms with van der Waals surface area (Å²) in [6, 6.07) is 4.28. The molecule has 0 bridgehead atoms. The summed E-state index contributed by atoms with van der Waals surface area (Å²) in [7, 11) is 0. The molecule has 1 unspecified atom stereocenters. The topological polar surface area (TPSA) is 0 Å². The predicted molar refractivity (Wildman–Crippen MR) is 64.1 cm³/mol. The molecule has 2 rings (SSSR count). The van der Waals surface area contributed by atoms with E-state index in [0.29, 0.717) is 0 Å². The Labute approximate surface area is 95.3 Å². The van der Waals surface area contributed by atoms with Gasteiger partial charge in [0.05, 0.1) is 5.38 Å². The highest BCUT2D eigenvalue weighted by atomic mass is 35.5. The van der Waals surface area contributed by atoms with Gasteiger partial charge < -0.3 is 0 Å². The standard InChI is InChI=1S/C12H17ClS/c13-12(11-8-5-9-14-11)10-6-3-1-2-4-7-10/h5,8-10,12H,1-4,6-7H2. The van der Waals surface area contributed by atoms with Crippen LogP contribution in [0.1, 0.15) is 48.8 Å². The van der Waals surface area contributed by atoms with E-state index >= 15 is 0 Å². The fraction of sp³-hybridized carbons (Fsp3) is 0.667. The molecule has 78 valence electrons. The molecule has 1 saturated carbocycles. The first-order valence-electron chi connectivity index (χ1n) is 5.55. The van der Waals surface area contributed by atoms with E-state index in [2.05, 4.69) is 17.5 Å². The van der Waals surface area contributed by atoms with Crippen molar-refractivity contribution in [3.8, 4) is 0 Å². The molecule has 1 heterocycles. The first-order chi connectivity index (χ1) is 6.88. The minimum absolute atomic E-state index is 0.271. The first-order valence-corrected chi connectivity index (χ1v) is 6.87. The van der Waals surface area contributed by atoms with Gasteiger partial charge in [-0.1, -0.05) is 31.7 Å². The van der Waals surface area contributed by atoms with Crippen molar-refractivity contribution in [1.29, 1.82) is 0 Å². The number of alkyl halides is 1. The molecule has 1 fully saturated rings. The van der Waals surface area contributed by atoms with Crippen LogP contribution in [0, 0.1) is 5.92 Å². The highest BCUT2D eigenvalue weighted by Crippen LogP contribution is 2.39. The zero-order chi connectivity index (χ0) is 9.80. The highest BCUT2D eigenvalue weighted by molar-refractivity contribution is 7.10. The van der Waals surface area contributed by atoms with Gasteiger partial charge in [0, 0.05) is 4.88 Å². The number of hydrogen-bond acceptors (Lipinski definition) is 1. The second-order valence-corrected chi connectivity index (χ2v) is 5.62. The molecule has 2 heteroatoms. The molecule has 0 spiro atoms. The van der Waals surface area contributed by atoms with Crippen LogP contribution in [-0.2, 0) is 0 Å². The molecule has 1 atom stereocenters. The zero-order valence-electron chi connectivity index (χ0n) is 8.42. The average molecular weight is 229 g/mol. The van der Waals surface area contributed by atoms with Gasteiger partial charge in [0.15, 0.2) is 0 Å². The van der Waals surface area contributed by atoms with Crippen LogP contribution in [0.4, 0.5) is 0 Å². The van der Waals surface area contributed by atoms with Gasteiger partial charge in [0.25, 0.3) is 0 Å². The molecule has 1 aliphatic carbocycles. The summed E-state index contributed by atoms with van der Waals surface area (Å²) in [6.07, 6.45) is 8.21. The van der Waals surface area contributed by atoms with Gasteiger partial charge in [0.1, 0.15) is 0 Å². The summed E-state index contributed by atoms with van der Waals surface area (Å²) in [6.45, 7) is 0. The number of thiophene rings is 1. The molecular formula is C12H17ClS. The zero-order valence-corrected chi connectivity index (χ0v) is 9.99. The maximum atomic E-state index is 6.51. The molecule has 0 nitrogen and oxygen atoms in total. The van der Waals surface area contributed by atoms with E-state index in [0.717, 1.165) is 5.92 Å². The smallest absolute Gasteiger partial charge is 0.0706 e. The maximum Gasteiger partial charge on any atom is 0.0706 e. The Bertz CT molecular complexity index is 247. The van der Waals surface area contributed by atoms with Gasteiger partial charge >= 0.3 is 0 Å². The van der Waals surface area contributed by atoms with Crippen LogP contribution < -0.4 is 0 Å². The Morgan fingerprint density at radius 1 is 1.21 bits per heavy atom. The van der Waals surface area contributed by atoms with Gasteiger partial charge in [-0.15, -0.1) is 22.9 Å². The van der Waals surface area contributed by atoms with Crippen molar-refractivity contribution in [2.75, 3.05) is 0 Å². The lowest BCUT2D eigenvalue weighted by molar-refractivity contribution is 0.448. The molecule has 1 aromatic heterocycles. The molecule has 14 heavy (non-hydrogen) atoms. The van der Waals surface area contributed by atoms with E-state index in [1.165, 1.54) is 43.4 Å². The summed E-state index contributed by atoms with van der Waals surface area (Å²) in [5, 5.41) is 2.40. The van der Waals surface area contributed by atoms with Crippen molar-refractivity contribution < 1.29 is 0 Å². The third-order valence-electron chi connectivity index (χ3n) is 3.13. The Morgan fingerprint density at radius 2 is 1.93 bits per heavy atom. The van der Waals surface area contributed by atoms with E-state index in [4.69, 9.17) is 11.6 Å². The van der Waals surface area contributed by atoms with Gasteiger partial charge in [0.2, 0.25) is 0 Å². The van der Waals surface area contributed by atoms with Gasteiger partial charge in [-0.2, -0.15) is 0 Å². The lowest BCUT2D eigenvalue weighted by Crippen LogP contribution is -2.05. The summed E-state index contributed by atoms with van der Waals surface area (Å²) >= 11 is 8.31. The van der Waals surface area contributed by atoms with Crippen molar-refractivity contribution >= 4 is 22.9 Å². The quantitative estimate of drug-likeness (QED) is 0.494. The number of halogens is 1. The largest absolute Gasteiger partial charge is 0.147 e. The molecule has 1 aliphatic rings. The number of hydrogen-bond donors (Lipinski definition) is 0. The molecule has 0 aliphatic heterocycles. The Morgan fingerprint density at radius 3 is 2.50 bits per heavy atom. The van der Waals surface area contributed by atoms with E-state index in [1.807, 2.05) is 0 Å². The molecular weight excluding hydrogens is 212 g/mol. The summed E-state index contributed by atoms with van der Waals surface area (Å²) in [4.78, 5) is 1.36. The van der Waals surface area contributed by atoms with Crippen LogP contribution in [-0.4, -0.2) is 0 Å². The molecule has 0 N–H and O–H groups in total.